The molecule has 0 radical (unpaired) electrons. The topological polar surface area (TPSA) is 58.9 Å². The first-order chi connectivity index (χ1) is 8.93. The number of halogens is 2. The van der Waals surface area contributed by atoms with E-state index in [4.69, 9.17) is 27.9 Å². The van der Waals surface area contributed by atoms with Crippen LogP contribution in [0.5, 0.6) is 0 Å². The summed E-state index contributed by atoms with van der Waals surface area (Å²) in [6.07, 6.45) is 1.22. The molecule has 0 aliphatic rings. The molecule has 4 nitrogen and oxygen atoms in total. The van der Waals surface area contributed by atoms with Crippen molar-refractivity contribution in [1.82, 2.24) is 0 Å². The molecule has 0 atom stereocenters. The number of ether oxygens (including phenoxy) is 1. The Labute approximate surface area is 121 Å². The number of nitrogens with zero attached hydrogens (tertiary/aromatic N) is 1. The summed E-state index contributed by atoms with van der Waals surface area (Å²) in [5.41, 5.74) is 0.457. The van der Waals surface area contributed by atoms with Crippen molar-refractivity contribution in [2.24, 2.45) is 4.99 Å². The zero-order chi connectivity index (χ0) is 14.4. The lowest BCUT2D eigenvalue weighted by Crippen LogP contribution is -2.10. The molecule has 102 valence electrons. The van der Waals surface area contributed by atoms with Gasteiger partial charge in [0.15, 0.2) is 0 Å². The van der Waals surface area contributed by atoms with Gasteiger partial charge in [0, 0.05) is 16.3 Å². The first-order valence-electron chi connectivity index (χ1n) is 5.51. The molecule has 0 aliphatic carbocycles. The second kappa shape index (κ2) is 7.16. The third-order valence-corrected chi connectivity index (χ3v) is 2.51. The van der Waals surface area contributed by atoms with Crippen LogP contribution in [0.15, 0.2) is 34.5 Å². The number of aliphatic imine (C=N–C) groups is 1. The summed E-state index contributed by atoms with van der Waals surface area (Å²) >= 11 is 11.7. The summed E-state index contributed by atoms with van der Waals surface area (Å²) in [6.45, 7) is 3.27. The predicted octanol–water partition coefficient (Wildman–Crippen LogP) is 4.09. The molecular weight excluding hydrogens is 289 g/mol. The van der Waals surface area contributed by atoms with Crippen LogP contribution in [0.2, 0.25) is 10.0 Å². The minimum atomic E-state index is -0.639. The average Bonchev–Trinajstić information content (AvgIpc) is 2.27. The molecule has 1 rings (SSSR count). The van der Waals surface area contributed by atoms with E-state index in [1.54, 1.807) is 25.1 Å². The maximum Gasteiger partial charge on any atom is 0.343 e. The molecule has 0 saturated heterocycles. The first kappa shape index (κ1) is 15.5. The Morgan fingerprint density at radius 3 is 2.42 bits per heavy atom. The molecule has 0 spiro atoms. The highest BCUT2D eigenvalue weighted by atomic mass is 35.5. The van der Waals surface area contributed by atoms with Crippen LogP contribution in [-0.2, 0) is 9.53 Å². The van der Waals surface area contributed by atoms with Gasteiger partial charge >= 0.3 is 5.97 Å². The minimum Gasteiger partial charge on any atom is -0.512 e. The number of aliphatic hydroxyl groups is 1. The number of allylic oxidation sites excluding steroid dienone is 1. The van der Waals surface area contributed by atoms with Crippen molar-refractivity contribution in [3.8, 4) is 0 Å². The Hall–Kier alpha value is -1.52. The fraction of sp³-hybridized carbons (Fsp3) is 0.231. The van der Waals surface area contributed by atoms with Gasteiger partial charge in [-0.3, -0.25) is 4.99 Å². The fourth-order valence-corrected chi connectivity index (χ4v) is 1.77. The number of benzene rings is 1. The van der Waals surface area contributed by atoms with Gasteiger partial charge in [0.05, 0.1) is 12.3 Å². The number of carbonyl (C=O) groups is 1. The highest BCUT2D eigenvalue weighted by Crippen LogP contribution is 2.24. The van der Waals surface area contributed by atoms with E-state index in [-0.39, 0.29) is 17.9 Å². The monoisotopic (exact) mass is 301 g/mol. The lowest BCUT2D eigenvalue weighted by atomic mass is 10.2. The molecular formula is C13H13Cl2NO3. The molecule has 0 saturated carbocycles. The van der Waals surface area contributed by atoms with Crippen LogP contribution < -0.4 is 0 Å². The van der Waals surface area contributed by atoms with Crippen molar-refractivity contribution in [2.75, 3.05) is 6.61 Å². The maximum absolute atomic E-state index is 11.6. The van der Waals surface area contributed by atoms with E-state index in [2.05, 4.69) is 4.99 Å². The number of hydrogen-bond donors (Lipinski definition) is 1. The van der Waals surface area contributed by atoms with Gasteiger partial charge in [-0.2, -0.15) is 0 Å². The zero-order valence-electron chi connectivity index (χ0n) is 10.5. The third-order valence-electron chi connectivity index (χ3n) is 2.08. The molecule has 1 aromatic rings. The summed E-state index contributed by atoms with van der Waals surface area (Å²) < 4.78 is 4.80. The number of aliphatic hydroxyl groups excluding tert-OH is 1. The summed E-state index contributed by atoms with van der Waals surface area (Å²) in [5, 5.41) is 10.3. The molecule has 0 amide bonds. The van der Waals surface area contributed by atoms with Crippen molar-refractivity contribution in [3.63, 3.8) is 0 Å². The smallest absolute Gasteiger partial charge is 0.343 e. The largest absolute Gasteiger partial charge is 0.512 e. The molecule has 0 aromatic heterocycles. The first-order valence-corrected chi connectivity index (χ1v) is 6.26. The molecule has 19 heavy (non-hydrogen) atoms. The van der Waals surface area contributed by atoms with Crippen molar-refractivity contribution < 1.29 is 14.6 Å². The second-order valence-corrected chi connectivity index (χ2v) is 4.48. The van der Waals surface area contributed by atoms with Crippen molar-refractivity contribution in [2.45, 2.75) is 13.8 Å². The highest BCUT2D eigenvalue weighted by Gasteiger charge is 2.11. The predicted molar refractivity (Wildman–Crippen MR) is 76.6 cm³/mol. The molecule has 1 N–H and O–H groups in total. The van der Waals surface area contributed by atoms with Gasteiger partial charge in [0.2, 0.25) is 0 Å². The van der Waals surface area contributed by atoms with Gasteiger partial charge in [-0.15, -0.1) is 0 Å². The lowest BCUT2D eigenvalue weighted by molar-refractivity contribution is -0.138. The Balaban J connectivity index is 3.00. The molecule has 1 aromatic carbocycles. The van der Waals surface area contributed by atoms with Crippen molar-refractivity contribution in [1.29, 1.82) is 0 Å². The lowest BCUT2D eigenvalue weighted by Gasteiger charge is -2.03. The van der Waals surface area contributed by atoms with E-state index in [0.717, 1.165) is 0 Å². The molecule has 0 bridgehead atoms. The van der Waals surface area contributed by atoms with E-state index in [1.165, 1.54) is 13.1 Å². The van der Waals surface area contributed by atoms with Crippen LogP contribution in [0.25, 0.3) is 0 Å². The SMILES string of the molecule is CCOC(=O)C(C=Nc1cc(Cl)cc(Cl)c1)=C(C)O. The summed E-state index contributed by atoms with van der Waals surface area (Å²) in [4.78, 5) is 15.6. The maximum atomic E-state index is 11.6. The third kappa shape index (κ3) is 4.93. The van der Waals surface area contributed by atoms with Crippen LogP contribution in [0.3, 0.4) is 0 Å². The summed E-state index contributed by atoms with van der Waals surface area (Å²) in [6, 6.07) is 4.74. The van der Waals surface area contributed by atoms with Crippen LogP contribution in [-0.4, -0.2) is 23.9 Å². The van der Waals surface area contributed by atoms with Gasteiger partial charge in [0.1, 0.15) is 11.3 Å². The molecule has 0 unspecified atom stereocenters. The van der Waals surface area contributed by atoms with Gasteiger partial charge in [0.25, 0.3) is 0 Å². The molecule has 0 fully saturated rings. The second-order valence-electron chi connectivity index (χ2n) is 3.61. The van der Waals surface area contributed by atoms with E-state index in [1.807, 2.05) is 0 Å². The quantitative estimate of drug-likeness (QED) is 0.394. The zero-order valence-corrected chi connectivity index (χ0v) is 12.0. The standard InChI is InChI=1S/C13H13Cl2NO3/c1-3-19-13(18)12(8(2)17)7-16-11-5-9(14)4-10(15)6-11/h4-7,17H,3H2,1-2H3. The summed E-state index contributed by atoms with van der Waals surface area (Å²) in [7, 11) is 0. The molecule has 0 aliphatic heterocycles. The van der Waals surface area contributed by atoms with Crippen molar-refractivity contribution >= 4 is 41.1 Å². The number of rotatable bonds is 4. The molecule has 6 heteroatoms. The van der Waals surface area contributed by atoms with E-state index < -0.39 is 5.97 Å². The van der Waals surface area contributed by atoms with Gasteiger partial charge < -0.3 is 9.84 Å². The Morgan fingerprint density at radius 1 is 1.37 bits per heavy atom. The Morgan fingerprint density at radius 2 is 1.95 bits per heavy atom. The van der Waals surface area contributed by atoms with E-state index in [0.29, 0.717) is 15.7 Å². The van der Waals surface area contributed by atoms with E-state index >= 15 is 0 Å². The Kier molecular flexibility index (Phi) is 5.86. The highest BCUT2D eigenvalue weighted by molar-refractivity contribution is 6.35. The normalized spacial score (nSPS) is 12.4. The van der Waals surface area contributed by atoms with Crippen molar-refractivity contribution in [3.05, 3.63) is 39.6 Å². The summed E-state index contributed by atoms with van der Waals surface area (Å²) in [5.74, 6) is -0.810. The van der Waals surface area contributed by atoms with Gasteiger partial charge in [-0.05, 0) is 32.0 Å². The van der Waals surface area contributed by atoms with Gasteiger partial charge in [-0.1, -0.05) is 23.2 Å². The van der Waals surface area contributed by atoms with Crippen LogP contribution in [0.4, 0.5) is 5.69 Å². The minimum absolute atomic E-state index is 0.0158. The van der Waals surface area contributed by atoms with Crippen LogP contribution >= 0.6 is 23.2 Å². The number of esters is 1. The number of carbonyl (C=O) groups excluding carboxylic acids is 1. The number of hydrogen-bond acceptors (Lipinski definition) is 4. The average molecular weight is 302 g/mol. The van der Waals surface area contributed by atoms with E-state index in [9.17, 15) is 9.90 Å². The molecule has 0 heterocycles. The van der Waals surface area contributed by atoms with Crippen LogP contribution in [0, 0.1) is 0 Å². The van der Waals surface area contributed by atoms with Crippen LogP contribution in [0.1, 0.15) is 13.8 Å². The fourth-order valence-electron chi connectivity index (χ4n) is 1.26. The Bertz CT molecular complexity index is 514. The van der Waals surface area contributed by atoms with Gasteiger partial charge in [-0.25, -0.2) is 4.79 Å².